The minimum Gasteiger partial charge on any atom is -0.357 e. The van der Waals surface area contributed by atoms with Crippen molar-refractivity contribution in [2.24, 2.45) is 9.98 Å². The number of rotatable bonds is 8. The molecule has 8 nitrogen and oxygen atoms in total. The Hall–Kier alpha value is -4.56. The zero-order valence-electron chi connectivity index (χ0n) is 17.2. The van der Waals surface area contributed by atoms with Gasteiger partial charge in [-0.15, -0.1) is 0 Å². The Labute approximate surface area is 185 Å². The molecule has 2 aliphatic rings. The molecule has 158 valence electrons. The summed E-state index contributed by atoms with van der Waals surface area (Å²) in [5.74, 6) is -0.946. The van der Waals surface area contributed by atoms with Gasteiger partial charge in [-0.2, -0.15) is 5.26 Å². The van der Waals surface area contributed by atoms with E-state index in [2.05, 4.69) is 25.5 Å². The lowest BCUT2D eigenvalue weighted by molar-refractivity contribution is -0.118. The smallest absolute Gasteiger partial charge is 0.262 e. The largest absolute Gasteiger partial charge is 0.357 e. The number of amides is 2. The number of allylic oxidation sites excluding steroid dienone is 4. The maximum Gasteiger partial charge on any atom is 0.262 e. The van der Waals surface area contributed by atoms with Crippen molar-refractivity contribution in [2.75, 3.05) is 0 Å². The van der Waals surface area contributed by atoms with Crippen LogP contribution in [0.5, 0.6) is 0 Å². The number of nitrogens with zero attached hydrogens (tertiary/aromatic N) is 4. The maximum atomic E-state index is 12.3. The molecule has 0 fully saturated rings. The third-order valence-corrected chi connectivity index (χ3v) is 4.58. The number of carbonyl (C=O) groups is 2. The Morgan fingerprint density at radius 1 is 1.03 bits per heavy atom. The minimum absolute atomic E-state index is 0.00334. The van der Waals surface area contributed by atoms with E-state index < -0.39 is 11.8 Å². The molecule has 32 heavy (non-hydrogen) atoms. The molecule has 0 saturated carbocycles. The monoisotopic (exact) mass is 424 g/mol. The van der Waals surface area contributed by atoms with E-state index in [1.807, 2.05) is 42.5 Å². The van der Waals surface area contributed by atoms with Crippen LogP contribution in [0.15, 0.2) is 82.2 Å². The molecule has 3 rings (SSSR count). The standard InChI is InChI=1S/C24H20N6O2/c1-26-22(13-21-8-4-10-28-21)24(32)30-16-18-6-2-5-17(11-18)15-29-23(31)19(14-25)12-20-7-3-9-27-20/h2-6,9-13H,7-8,15-16H2,(H,29,31)(H,30,32)/b19-12-,22-13+. The Bertz CT molecular complexity index is 1100. The van der Waals surface area contributed by atoms with Crippen molar-refractivity contribution < 1.29 is 9.59 Å². The van der Waals surface area contributed by atoms with Crippen LogP contribution < -0.4 is 10.6 Å². The van der Waals surface area contributed by atoms with Gasteiger partial charge in [0.05, 0.1) is 6.57 Å². The lowest BCUT2D eigenvalue weighted by Gasteiger charge is -2.08. The Kier molecular flexibility index (Phi) is 7.61. The van der Waals surface area contributed by atoms with Gasteiger partial charge in [0, 0.05) is 49.8 Å². The molecule has 2 N–H and O–H groups in total. The average Bonchev–Trinajstić information content (AvgIpc) is 3.52. The molecule has 0 atom stereocenters. The Morgan fingerprint density at radius 3 is 2.16 bits per heavy atom. The number of carbonyl (C=O) groups excluding carboxylic acids is 2. The second-order valence-corrected chi connectivity index (χ2v) is 6.92. The van der Waals surface area contributed by atoms with Gasteiger partial charge in [-0.1, -0.05) is 36.4 Å². The van der Waals surface area contributed by atoms with Crippen LogP contribution in [0.2, 0.25) is 0 Å². The summed E-state index contributed by atoms with van der Waals surface area (Å²) >= 11 is 0. The molecule has 2 aliphatic heterocycles. The lowest BCUT2D eigenvalue weighted by Crippen LogP contribution is -2.25. The maximum absolute atomic E-state index is 12.3. The lowest BCUT2D eigenvalue weighted by atomic mass is 10.1. The van der Waals surface area contributed by atoms with Gasteiger partial charge >= 0.3 is 0 Å². The summed E-state index contributed by atoms with van der Waals surface area (Å²) in [6, 6.07) is 9.23. The van der Waals surface area contributed by atoms with E-state index in [4.69, 9.17) is 6.57 Å². The molecular weight excluding hydrogens is 404 g/mol. The highest BCUT2D eigenvalue weighted by Crippen LogP contribution is 2.09. The van der Waals surface area contributed by atoms with Crippen molar-refractivity contribution in [3.63, 3.8) is 0 Å². The number of benzene rings is 1. The molecule has 0 bridgehead atoms. The second kappa shape index (κ2) is 11.0. The molecule has 0 spiro atoms. The molecule has 2 heterocycles. The molecular formula is C24H20N6O2. The summed E-state index contributed by atoms with van der Waals surface area (Å²) < 4.78 is 0. The summed E-state index contributed by atoms with van der Waals surface area (Å²) in [6.45, 7) is 7.69. The van der Waals surface area contributed by atoms with Gasteiger partial charge in [0.2, 0.25) is 0 Å². The van der Waals surface area contributed by atoms with Crippen LogP contribution in [0, 0.1) is 17.9 Å². The third-order valence-electron chi connectivity index (χ3n) is 4.58. The zero-order chi connectivity index (χ0) is 22.8. The molecule has 1 aromatic carbocycles. The van der Waals surface area contributed by atoms with Crippen LogP contribution in [-0.4, -0.2) is 23.2 Å². The first-order chi connectivity index (χ1) is 15.6. The first-order valence-electron chi connectivity index (χ1n) is 9.87. The molecule has 0 saturated heterocycles. The second-order valence-electron chi connectivity index (χ2n) is 6.92. The van der Waals surface area contributed by atoms with E-state index in [0.717, 1.165) is 11.1 Å². The summed E-state index contributed by atoms with van der Waals surface area (Å²) in [4.78, 5) is 36.1. The van der Waals surface area contributed by atoms with E-state index in [9.17, 15) is 14.9 Å². The molecule has 0 unspecified atom stereocenters. The summed E-state index contributed by atoms with van der Waals surface area (Å²) in [6.07, 6.45) is 11.2. The number of aliphatic imine (C=N–C) groups is 2. The molecule has 0 aliphatic carbocycles. The first kappa shape index (κ1) is 22.1. The van der Waals surface area contributed by atoms with E-state index >= 15 is 0 Å². The molecule has 8 heteroatoms. The van der Waals surface area contributed by atoms with E-state index in [1.165, 1.54) is 12.2 Å². The predicted molar refractivity (Wildman–Crippen MR) is 121 cm³/mol. The average molecular weight is 424 g/mol. The topological polar surface area (TPSA) is 111 Å². The van der Waals surface area contributed by atoms with Gasteiger partial charge in [0.1, 0.15) is 11.6 Å². The fourth-order valence-corrected chi connectivity index (χ4v) is 2.96. The van der Waals surface area contributed by atoms with Crippen LogP contribution in [0.4, 0.5) is 0 Å². The molecule has 0 aromatic heterocycles. The number of nitriles is 1. The van der Waals surface area contributed by atoms with Gasteiger partial charge in [-0.25, -0.2) is 4.85 Å². The number of nitrogens with one attached hydrogen (secondary N) is 2. The van der Waals surface area contributed by atoms with Crippen LogP contribution >= 0.6 is 0 Å². The van der Waals surface area contributed by atoms with Crippen molar-refractivity contribution in [1.82, 2.24) is 10.6 Å². The summed E-state index contributed by atoms with van der Waals surface area (Å²) in [5, 5.41) is 14.7. The Morgan fingerprint density at radius 2 is 1.62 bits per heavy atom. The quantitative estimate of drug-likeness (QED) is 0.380. The van der Waals surface area contributed by atoms with Gasteiger partial charge in [0.25, 0.3) is 17.5 Å². The highest BCUT2D eigenvalue weighted by atomic mass is 16.2. The zero-order valence-corrected chi connectivity index (χ0v) is 17.2. The molecule has 1 aromatic rings. The van der Waals surface area contributed by atoms with E-state index in [0.29, 0.717) is 24.3 Å². The predicted octanol–water partition coefficient (Wildman–Crippen LogP) is 2.89. The van der Waals surface area contributed by atoms with Gasteiger partial charge in [-0.05, 0) is 23.3 Å². The number of hydrogen-bond acceptors (Lipinski definition) is 5. The van der Waals surface area contributed by atoms with Crippen LogP contribution in [-0.2, 0) is 22.7 Å². The van der Waals surface area contributed by atoms with Crippen molar-refractivity contribution >= 4 is 23.2 Å². The fourth-order valence-electron chi connectivity index (χ4n) is 2.96. The van der Waals surface area contributed by atoms with Crippen LogP contribution in [0.25, 0.3) is 4.85 Å². The van der Waals surface area contributed by atoms with Crippen molar-refractivity contribution in [1.29, 1.82) is 5.26 Å². The molecule has 2 amide bonds. The molecule has 0 radical (unpaired) electrons. The van der Waals surface area contributed by atoms with Gasteiger partial charge in [-0.3, -0.25) is 19.6 Å². The van der Waals surface area contributed by atoms with Crippen LogP contribution in [0.1, 0.15) is 24.0 Å². The summed E-state index contributed by atoms with van der Waals surface area (Å²) in [7, 11) is 0. The normalized spacial score (nSPS) is 14.9. The van der Waals surface area contributed by atoms with E-state index in [-0.39, 0.29) is 24.4 Å². The van der Waals surface area contributed by atoms with E-state index in [1.54, 1.807) is 12.4 Å². The van der Waals surface area contributed by atoms with Crippen molar-refractivity contribution in [3.05, 3.63) is 94.8 Å². The Balaban J connectivity index is 1.55. The SMILES string of the molecule is [C-]#[N+]/C(=C/C1=NC=CC1)C(=O)NCc1cccc(CNC(=O)/C(C#N)=C\C2=NC=CC2)c1. The minimum atomic E-state index is -0.475. The van der Waals surface area contributed by atoms with Crippen molar-refractivity contribution in [3.8, 4) is 6.07 Å². The number of hydrogen-bond donors (Lipinski definition) is 2. The first-order valence-corrected chi connectivity index (χ1v) is 9.87. The third kappa shape index (κ3) is 6.22. The fraction of sp³-hybridized carbons (Fsp3) is 0.167. The summed E-state index contributed by atoms with van der Waals surface area (Å²) in [5.41, 5.74) is 2.95. The van der Waals surface area contributed by atoms with Gasteiger partial charge < -0.3 is 10.6 Å². The van der Waals surface area contributed by atoms with Crippen LogP contribution in [0.3, 0.4) is 0 Å². The van der Waals surface area contributed by atoms with Crippen molar-refractivity contribution in [2.45, 2.75) is 25.9 Å². The highest BCUT2D eigenvalue weighted by Gasteiger charge is 2.13. The van der Waals surface area contributed by atoms with Gasteiger partial charge in [0.15, 0.2) is 0 Å². The highest BCUT2D eigenvalue weighted by molar-refractivity contribution is 6.07.